The first-order valence-electron chi connectivity index (χ1n) is 12.1. The molecule has 1 N–H and O–H groups in total. The van der Waals surface area contributed by atoms with Crippen LogP contribution in [0.5, 0.6) is 11.5 Å². The third kappa shape index (κ3) is 7.15. The number of hydrogen-bond donors (Lipinski definition) is 1. The van der Waals surface area contributed by atoms with Gasteiger partial charge in [0.25, 0.3) is 0 Å². The first-order valence-corrected chi connectivity index (χ1v) is 12.1. The second kappa shape index (κ2) is 13.7. The summed E-state index contributed by atoms with van der Waals surface area (Å²) in [6.07, 6.45) is -0.648. The van der Waals surface area contributed by atoms with Gasteiger partial charge in [0.2, 0.25) is 5.43 Å². The topological polar surface area (TPSA) is 75.4 Å². The smallest absolute Gasteiger partial charge is 0.200 e. The summed E-state index contributed by atoms with van der Waals surface area (Å²) in [5, 5.41) is 11.6. The normalized spacial score (nSPS) is 15.1. The molecule has 1 aliphatic heterocycles. The summed E-state index contributed by atoms with van der Waals surface area (Å²) in [7, 11) is 0. The van der Waals surface area contributed by atoms with Gasteiger partial charge in [-0.3, -0.25) is 14.6 Å². The Labute approximate surface area is 228 Å². The van der Waals surface area contributed by atoms with Gasteiger partial charge in [-0.25, -0.2) is 0 Å². The molecule has 1 aliphatic rings. The third-order valence-electron chi connectivity index (χ3n) is 6.35. The first kappa shape index (κ1) is 28.8. The second-order valence-electron chi connectivity index (χ2n) is 8.83. The molecule has 2 heterocycles. The van der Waals surface area contributed by atoms with Gasteiger partial charge in [0, 0.05) is 39.3 Å². The van der Waals surface area contributed by atoms with Crippen molar-refractivity contribution in [3.8, 4) is 11.5 Å². The van der Waals surface area contributed by atoms with Crippen LogP contribution >= 0.6 is 24.8 Å². The van der Waals surface area contributed by atoms with E-state index < -0.39 is 6.10 Å². The minimum Gasteiger partial charge on any atom is -0.492 e. The van der Waals surface area contributed by atoms with Crippen LogP contribution in [0, 0.1) is 0 Å². The van der Waals surface area contributed by atoms with Crippen LogP contribution in [-0.4, -0.2) is 73.5 Å². The number of nitrogens with zero attached hydrogens (tertiary/aromatic N) is 2. The average molecular weight is 547 g/mol. The van der Waals surface area contributed by atoms with Gasteiger partial charge in [-0.1, -0.05) is 36.4 Å². The molecule has 0 amide bonds. The molecule has 5 rings (SSSR count). The molecule has 0 aliphatic carbocycles. The molecule has 1 fully saturated rings. The van der Waals surface area contributed by atoms with Crippen molar-refractivity contribution in [2.75, 3.05) is 52.5 Å². The maximum absolute atomic E-state index is 12.8. The summed E-state index contributed by atoms with van der Waals surface area (Å²) < 4.78 is 17.7. The maximum Gasteiger partial charge on any atom is 0.200 e. The molecule has 0 saturated carbocycles. The molecular weight excluding hydrogens is 515 g/mol. The van der Waals surface area contributed by atoms with E-state index in [0.29, 0.717) is 40.8 Å². The third-order valence-corrected chi connectivity index (χ3v) is 6.35. The Hall–Kier alpha value is -2.81. The summed E-state index contributed by atoms with van der Waals surface area (Å²) >= 11 is 0. The van der Waals surface area contributed by atoms with Gasteiger partial charge < -0.3 is 19.0 Å². The minimum atomic E-state index is -0.648. The maximum atomic E-state index is 12.8. The van der Waals surface area contributed by atoms with E-state index in [9.17, 15) is 9.90 Å². The van der Waals surface area contributed by atoms with E-state index in [4.69, 9.17) is 13.9 Å². The van der Waals surface area contributed by atoms with Crippen molar-refractivity contribution in [2.45, 2.75) is 6.10 Å². The van der Waals surface area contributed by atoms with Crippen molar-refractivity contribution < 1.29 is 19.0 Å². The molecule has 0 radical (unpaired) electrons. The van der Waals surface area contributed by atoms with Crippen LogP contribution in [0.2, 0.25) is 0 Å². The Morgan fingerprint density at radius 3 is 2.27 bits per heavy atom. The van der Waals surface area contributed by atoms with Crippen LogP contribution in [-0.2, 0) is 0 Å². The summed E-state index contributed by atoms with van der Waals surface area (Å²) in [6, 6.07) is 22.3. The number of benzene rings is 3. The van der Waals surface area contributed by atoms with Crippen molar-refractivity contribution in [2.24, 2.45) is 0 Å². The fraction of sp³-hybridized carbons (Fsp3) is 0.321. The molecule has 4 aromatic rings. The largest absolute Gasteiger partial charge is 0.492 e. The predicted octanol–water partition coefficient (Wildman–Crippen LogP) is 4.23. The highest BCUT2D eigenvalue weighted by molar-refractivity contribution is 5.92. The van der Waals surface area contributed by atoms with E-state index in [1.54, 1.807) is 30.3 Å². The van der Waals surface area contributed by atoms with Crippen LogP contribution in [0.25, 0.3) is 21.9 Å². The molecular formula is C28H32Cl2N2O5. The molecule has 7 nitrogen and oxygen atoms in total. The molecule has 1 saturated heterocycles. The number of para-hydroxylation sites is 3. The highest BCUT2D eigenvalue weighted by Gasteiger charge is 2.20. The first-order chi connectivity index (χ1) is 17.2. The van der Waals surface area contributed by atoms with Crippen molar-refractivity contribution in [3.63, 3.8) is 0 Å². The zero-order valence-corrected chi connectivity index (χ0v) is 22.1. The predicted molar refractivity (Wildman–Crippen MR) is 151 cm³/mol. The van der Waals surface area contributed by atoms with Crippen LogP contribution < -0.4 is 14.9 Å². The number of fused-ring (bicyclic) bond motifs is 2. The van der Waals surface area contributed by atoms with Gasteiger partial charge in [0.05, 0.1) is 10.8 Å². The Morgan fingerprint density at radius 1 is 0.811 bits per heavy atom. The van der Waals surface area contributed by atoms with Crippen LogP contribution in [0.1, 0.15) is 0 Å². The lowest BCUT2D eigenvalue weighted by Gasteiger charge is -2.35. The summed E-state index contributed by atoms with van der Waals surface area (Å²) in [4.78, 5) is 17.5. The van der Waals surface area contributed by atoms with E-state index in [1.807, 2.05) is 42.5 Å². The molecule has 1 aromatic heterocycles. The van der Waals surface area contributed by atoms with E-state index in [-0.39, 0.29) is 36.8 Å². The fourth-order valence-corrected chi connectivity index (χ4v) is 4.45. The van der Waals surface area contributed by atoms with E-state index in [0.717, 1.165) is 38.5 Å². The van der Waals surface area contributed by atoms with E-state index in [1.165, 1.54) is 0 Å². The van der Waals surface area contributed by atoms with Gasteiger partial charge in [-0.2, -0.15) is 0 Å². The quantitative estimate of drug-likeness (QED) is 0.315. The molecule has 9 heteroatoms. The zero-order valence-electron chi connectivity index (χ0n) is 20.5. The van der Waals surface area contributed by atoms with Gasteiger partial charge >= 0.3 is 0 Å². The number of aliphatic hydroxyl groups excluding tert-OH is 1. The van der Waals surface area contributed by atoms with E-state index in [2.05, 4.69) is 9.80 Å². The second-order valence-corrected chi connectivity index (χ2v) is 8.83. The van der Waals surface area contributed by atoms with Crippen LogP contribution in [0.15, 0.2) is 82.0 Å². The lowest BCUT2D eigenvalue weighted by atomic mass is 10.1. The number of rotatable bonds is 9. The van der Waals surface area contributed by atoms with Crippen LogP contribution in [0.3, 0.4) is 0 Å². The van der Waals surface area contributed by atoms with Crippen molar-refractivity contribution in [3.05, 3.63) is 83.0 Å². The fourth-order valence-electron chi connectivity index (χ4n) is 4.45. The SMILES string of the molecule is Cl.Cl.O=c1c2ccccc2oc2c(OCC(O)CN3CCN(CCOc4ccccc4)CC3)cccc12. The Bertz CT molecular complexity index is 1330. The highest BCUT2D eigenvalue weighted by Crippen LogP contribution is 2.27. The Balaban J connectivity index is 0.00000190. The molecule has 0 spiro atoms. The van der Waals surface area contributed by atoms with E-state index >= 15 is 0 Å². The number of piperazine rings is 1. The van der Waals surface area contributed by atoms with Gasteiger partial charge in [-0.15, -0.1) is 24.8 Å². The average Bonchev–Trinajstić information content (AvgIpc) is 2.89. The van der Waals surface area contributed by atoms with Gasteiger partial charge in [0.15, 0.2) is 11.3 Å². The highest BCUT2D eigenvalue weighted by atomic mass is 35.5. The summed E-state index contributed by atoms with van der Waals surface area (Å²) in [5.74, 6) is 1.36. The van der Waals surface area contributed by atoms with Gasteiger partial charge in [-0.05, 0) is 36.4 Å². The zero-order chi connectivity index (χ0) is 24.0. The van der Waals surface area contributed by atoms with Crippen molar-refractivity contribution in [1.29, 1.82) is 0 Å². The number of halogens is 2. The number of hydrogen-bond acceptors (Lipinski definition) is 7. The molecule has 1 atom stereocenters. The molecule has 37 heavy (non-hydrogen) atoms. The minimum absolute atomic E-state index is 0. The Morgan fingerprint density at radius 2 is 1.49 bits per heavy atom. The van der Waals surface area contributed by atoms with Crippen molar-refractivity contribution in [1.82, 2.24) is 9.80 Å². The lowest BCUT2D eigenvalue weighted by molar-refractivity contribution is 0.0437. The molecule has 198 valence electrons. The van der Waals surface area contributed by atoms with Crippen LogP contribution in [0.4, 0.5) is 0 Å². The Kier molecular flexibility index (Phi) is 10.6. The van der Waals surface area contributed by atoms with Crippen molar-refractivity contribution >= 4 is 46.8 Å². The number of aliphatic hydroxyl groups is 1. The molecule has 0 bridgehead atoms. The van der Waals surface area contributed by atoms with Gasteiger partial charge in [0.1, 0.15) is 30.7 Å². The number of β-amino-alcohol motifs (C(OH)–C–C–N with tert-alkyl or cyclic N) is 1. The monoisotopic (exact) mass is 546 g/mol. The number of ether oxygens (including phenoxy) is 2. The standard InChI is InChI=1S/C28H30N2O5.2ClH/c31-21(19-30-15-13-29(14-16-30)17-18-33-22-7-2-1-3-8-22)20-34-26-12-6-10-24-27(32)23-9-4-5-11-25(23)35-28(24)26;;/h1-12,21,31H,13-20H2;2*1H. The molecule has 1 unspecified atom stereocenters. The summed E-state index contributed by atoms with van der Waals surface area (Å²) in [6.45, 7) is 5.86. The molecule has 3 aromatic carbocycles. The lowest BCUT2D eigenvalue weighted by Crippen LogP contribution is -2.50. The summed E-state index contributed by atoms with van der Waals surface area (Å²) in [5.41, 5.74) is 0.850.